The smallest absolute Gasteiger partial charge is 0.346 e. The Hall–Kier alpha value is -3.18. The molecule has 0 aliphatic carbocycles. The summed E-state index contributed by atoms with van der Waals surface area (Å²) < 4.78 is 1.59. The summed E-state index contributed by atoms with van der Waals surface area (Å²) in [6.45, 7) is 3.95. The fourth-order valence-corrected chi connectivity index (χ4v) is 4.67. The standard InChI is InChI=1S/C22H17NO3S/c1-13-7-6-8-14(2)18(13)19-16-11-12-17(24)23(15-9-4-3-5-10-15)21(16)27-20(19)22(25)26/h3-12H,1-2H3,(H,25,26). The third-order valence-corrected chi connectivity index (χ3v) is 5.86. The van der Waals surface area contributed by atoms with Gasteiger partial charge in [-0.1, -0.05) is 36.4 Å². The van der Waals surface area contributed by atoms with Crippen LogP contribution in [0.3, 0.4) is 0 Å². The molecule has 4 rings (SSSR count). The van der Waals surface area contributed by atoms with Crippen LogP contribution < -0.4 is 5.56 Å². The summed E-state index contributed by atoms with van der Waals surface area (Å²) in [6.07, 6.45) is 0. The number of thiophene rings is 1. The number of fused-ring (bicyclic) bond motifs is 1. The number of aromatic carboxylic acids is 1. The Morgan fingerprint density at radius 2 is 1.56 bits per heavy atom. The third kappa shape index (κ3) is 2.76. The Kier molecular flexibility index (Phi) is 4.16. The number of para-hydroxylation sites is 1. The molecule has 4 aromatic rings. The van der Waals surface area contributed by atoms with E-state index >= 15 is 0 Å². The van der Waals surface area contributed by atoms with Crippen molar-refractivity contribution in [3.63, 3.8) is 0 Å². The fourth-order valence-electron chi connectivity index (χ4n) is 3.51. The molecule has 0 radical (unpaired) electrons. The van der Waals surface area contributed by atoms with Crippen molar-refractivity contribution in [2.75, 3.05) is 0 Å². The molecule has 2 aromatic heterocycles. The first-order valence-corrected chi connectivity index (χ1v) is 9.34. The van der Waals surface area contributed by atoms with Crippen LogP contribution in [0.5, 0.6) is 0 Å². The van der Waals surface area contributed by atoms with E-state index in [2.05, 4.69) is 0 Å². The van der Waals surface area contributed by atoms with E-state index in [4.69, 9.17) is 0 Å². The van der Waals surface area contributed by atoms with E-state index in [-0.39, 0.29) is 10.4 Å². The lowest BCUT2D eigenvalue weighted by atomic mass is 9.94. The summed E-state index contributed by atoms with van der Waals surface area (Å²) in [5.74, 6) is -0.985. The minimum absolute atomic E-state index is 0.181. The number of carbonyl (C=O) groups is 1. The fraction of sp³-hybridized carbons (Fsp3) is 0.0909. The van der Waals surface area contributed by atoms with Gasteiger partial charge in [0.1, 0.15) is 9.71 Å². The van der Waals surface area contributed by atoms with Crippen molar-refractivity contribution >= 4 is 27.5 Å². The highest BCUT2D eigenvalue weighted by molar-refractivity contribution is 7.21. The monoisotopic (exact) mass is 375 g/mol. The Morgan fingerprint density at radius 1 is 0.889 bits per heavy atom. The van der Waals surface area contributed by atoms with Gasteiger partial charge in [0.25, 0.3) is 5.56 Å². The van der Waals surface area contributed by atoms with Crippen LogP contribution in [0.25, 0.3) is 27.0 Å². The van der Waals surface area contributed by atoms with Gasteiger partial charge in [-0.3, -0.25) is 9.36 Å². The van der Waals surface area contributed by atoms with Gasteiger partial charge in [0.2, 0.25) is 0 Å². The average molecular weight is 375 g/mol. The molecule has 0 bridgehead atoms. The summed E-state index contributed by atoms with van der Waals surface area (Å²) in [4.78, 5) is 25.5. The lowest BCUT2D eigenvalue weighted by Crippen LogP contribution is -2.16. The summed E-state index contributed by atoms with van der Waals surface area (Å²) in [7, 11) is 0. The largest absolute Gasteiger partial charge is 0.477 e. The van der Waals surface area contributed by atoms with Gasteiger partial charge in [-0.25, -0.2) is 4.79 Å². The van der Waals surface area contributed by atoms with Gasteiger partial charge in [0.15, 0.2) is 0 Å². The molecule has 0 aliphatic heterocycles. The quantitative estimate of drug-likeness (QED) is 0.546. The number of aromatic nitrogens is 1. The molecule has 5 heteroatoms. The maximum atomic E-state index is 12.6. The first-order chi connectivity index (χ1) is 13.0. The van der Waals surface area contributed by atoms with Gasteiger partial charge >= 0.3 is 5.97 Å². The van der Waals surface area contributed by atoms with Gasteiger partial charge in [-0.15, -0.1) is 11.3 Å². The lowest BCUT2D eigenvalue weighted by Gasteiger charge is -2.11. The van der Waals surface area contributed by atoms with Crippen LogP contribution in [0.4, 0.5) is 0 Å². The molecule has 0 unspecified atom stereocenters. The number of nitrogens with zero attached hydrogens (tertiary/aromatic N) is 1. The molecule has 0 spiro atoms. The second-order valence-electron chi connectivity index (χ2n) is 6.44. The molecule has 1 N–H and O–H groups in total. The van der Waals surface area contributed by atoms with Crippen LogP contribution in [0, 0.1) is 13.8 Å². The number of hydrogen-bond donors (Lipinski definition) is 1. The Balaban J connectivity index is 2.17. The highest BCUT2D eigenvalue weighted by Gasteiger charge is 2.24. The zero-order valence-corrected chi connectivity index (χ0v) is 15.7. The summed E-state index contributed by atoms with van der Waals surface area (Å²) >= 11 is 1.14. The molecular weight excluding hydrogens is 358 g/mol. The van der Waals surface area contributed by atoms with E-state index in [1.807, 2.05) is 62.4 Å². The number of pyridine rings is 1. The lowest BCUT2D eigenvalue weighted by molar-refractivity contribution is 0.0703. The Bertz CT molecular complexity index is 1220. The van der Waals surface area contributed by atoms with Crippen LogP contribution in [0.2, 0.25) is 0 Å². The van der Waals surface area contributed by atoms with E-state index < -0.39 is 5.97 Å². The van der Waals surface area contributed by atoms with Crippen LogP contribution in [-0.4, -0.2) is 15.6 Å². The number of hydrogen-bond acceptors (Lipinski definition) is 3. The van der Waals surface area contributed by atoms with Crippen molar-refractivity contribution in [2.45, 2.75) is 13.8 Å². The number of carboxylic acid groups (broad SMARTS) is 1. The highest BCUT2D eigenvalue weighted by Crippen LogP contribution is 2.41. The normalized spacial score (nSPS) is 11.0. The van der Waals surface area contributed by atoms with Gasteiger partial charge in [-0.05, 0) is 48.7 Å². The van der Waals surface area contributed by atoms with Crippen molar-refractivity contribution in [1.82, 2.24) is 4.57 Å². The van der Waals surface area contributed by atoms with E-state index in [9.17, 15) is 14.7 Å². The first kappa shape index (κ1) is 17.2. The topological polar surface area (TPSA) is 59.3 Å². The van der Waals surface area contributed by atoms with Crippen molar-refractivity contribution < 1.29 is 9.90 Å². The summed E-state index contributed by atoms with van der Waals surface area (Å²) in [5.41, 5.74) is 4.16. The predicted molar refractivity (Wildman–Crippen MR) is 109 cm³/mol. The van der Waals surface area contributed by atoms with E-state index in [1.54, 1.807) is 10.6 Å². The molecule has 0 saturated heterocycles. The molecule has 4 nitrogen and oxygen atoms in total. The number of carboxylic acids is 1. The van der Waals surface area contributed by atoms with Crippen LogP contribution in [0.1, 0.15) is 20.8 Å². The second-order valence-corrected chi connectivity index (χ2v) is 7.44. The van der Waals surface area contributed by atoms with Gasteiger partial charge in [0, 0.05) is 17.0 Å². The van der Waals surface area contributed by atoms with Crippen LogP contribution in [0.15, 0.2) is 65.5 Å². The van der Waals surface area contributed by atoms with Crippen LogP contribution in [-0.2, 0) is 0 Å². The maximum absolute atomic E-state index is 12.6. The summed E-state index contributed by atoms with van der Waals surface area (Å²) in [5, 5.41) is 10.6. The second kappa shape index (κ2) is 6.52. The van der Waals surface area contributed by atoms with Crippen LogP contribution >= 0.6 is 11.3 Å². The van der Waals surface area contributed by atoms with Gasteiger partial charge < -0.3 is 5.11 Å². The molecule has 27 heavy (non-hydrogen) atoms. The molecule has 2 aromatic carbocycles. The average Bonchev–Trinajstić information content (AvgIpc) is 3.02. The number of aryl methyl sites for hydroxylation is 2. The molecule has 0 aliphatic rings. The zero-order chi connectivity index (χ0) is 19.1. The molecule has 134 valence electrons. The van der Waals surface area contributed by atoms with Gasteiger partial charge in [0.05, 0.1) is 5.69 Å². The third-order valence-electron chi connectivity index (χ3n) is 4.68. The number of rotatable bonds is 3. The van der Waals surface area contributed by atoms with Gasteiger partial charge in [-0.2, -0.15) is 0 Å². The Labute approximate surface area is 160 Å². The zero-order valence-electron chi connectivity index (χ0n) is 14.9. The SMILES string of the molecule is Cc1cccc(C)c1-c1c(C(=O)O)sc2c1ccc(=O)n2-c1ccccc1. The molecule has 0 fully saturated rings. The molecule has 0 atom stereocenters. The van der Waals surface area contributed by atoms with E-state index in [1.165, 1.54) is 6.07 Å². The highest BCUT2D eigenvalue weighted by atomic mass is 32.1. The molecule has 0 amide bonds. The van der Waals surface area contributed by atoms with E-state index in [0.717, 1.165) is 39.1 Å². The maximum Gasteiger partial charge on any atom is 0.346 e. The molecular formula is C22H17NO3S. The predicted octanol–water partition coefficient (Wildman–Crippen LogP) is 5.03. The first-order valence-electron chi connectivity index (χ1n) is 8.53. The minimum atomic E-state index is -0.985. The Morgan fingerprint density at radius 3 is 2.19 bits per heavy atom. The van der Waals surface area contributed by atoms with Crippen molar-refractivity contribution in [3.05, 3.63) is 87.0 Å². The van der Waals surface area contributed by atoms with E-state index in [0.29, 0.717) is 10.4 Å². The number of benzene rings is 2. The molecule has 0 saturated carbocycles. The van der Waals surface area contributed by atoms with Crippen molar-refractivity contribution in [3.8, 4) is 16.8 Å². The molecule has 2 heterocycles. The van der Waals surface area contributed by atoms with Crippen molar-refractivity contribution in [2.24, 2.45) is 0 Å². The summed E-state index contributed by atoms with van der Waals surface area (Å²) in [6, 6.07) is 18.5. The van der Waals surface area contributed by atoms with Crippen molar-refractivity contribution in [1.29, 1.82) is 0 Å². The minimum Gasteiger partial charge on any atom is -0.477 e.